The Morgan fingerprint density at radius 3 is 2.17 bits per heavy atom. The number of carbonyl (C=O) groups excluding carboxylic acids is 1. The van der Waals surface area contributed by atoms with Crippen molar-refractivity contribution >= 4 is 5.91 Å². The second kappa shape index (κ2) is 4.84. The maximum Gasteiger partial charge on any atom is 0.221 e. The Labute approximate surface area is 110 Å². The van der Waals surface area contributed by atoms with Crippen molar-refractivity contribution in [3.05, 3.63) is 0 Å². The fourth-order valence-corrected chi connectivity index (χ4v) is 5.05. The van der Waals surface area contributed by atoms with Crippen LogP contribution in [0.4, 0.5) is 0 Å². The third-order valence-electron chi connectivity index (χ3n) is 5.26. The molecular formula is C15H26N2O. The van der Waals surface area contributed by atoms with Gasteiger partial charge in [-0.1, -0.05) is 0 Å². The molecule has 2 N–H and O–H groups in total. The molecule has 0 spiro atoms. The van der Waals surface area contributed by atoms with Crippen LogP contribution in [0.15, 0.2) is 0 Å². The van der Waals surface area contributed by atoms with Crippen molar-refractivity contribution in [3.63, 3.8) is 0 Å². The van der Waals surface area contributed by atoms with Gasteiger partial charge in [0.05, 0.1) is 0 Å². The Balaban J connectivity index is 1.51. The van der Waals surface area contributed by atoms with Crippen LogP contribution in [0.3, 0.4) is 0 Å². The number of amides is 1. The minimum Gasteiger partial charge on any atom is -0.356 e. The van der Waals surface area contributed by atoms with Crippen LogP contribution in [-0.4, -0.2) is 24.5 Å². The van der Waals surface area contributed by atoms with Crippen LogP contribution in [0.25, 0.3) is 0 Å². The molecule has 0 aromatic carbocycles. The van der Waals surface area contributed by atoms with E-state index in [1.165, 1.54) is 38.5 Å². The number of hydrogen-bond acceptors (Lipinski definition) is 2. The topological polar surface area (TPSA) is 41.1 Å². The summed E-state index contributed by atoms with van der Waals surface area (Å²) in [6.45, 7) is 3.58. The second-order valence-corrected chi connectivity index (χ2v) is 6.83. The molecular weight excluding hydrogens is 224 g/mol. The zero-order valence-corrected chi connectivity index (χ0v) is 11.5. The number of hydrogen-bond donors (Lipinski definition) is 2. The smallest absolute Gasteiger partial charge is 0.221 e. The van der Waals surface area contributed by atoms with Gasteiger partial charge in [0.25, 0.3) is 0 Å². The molecule has 4 fully saturated rings. The van der Waals surface area contributed by atoms with Gasteiger partial charge >= 0.3 is 0 Å². The van der Waals surface area contributed by atoms with Gasteiger partial charge in [0.2, 0.25) is 5.91 Å². The molecule has 0 unspecified atom stereocenters. The maximum atomic E-state index is 11.5. The summed E-state index contributed by atoms with van der Waals surface area (Å²) in [6, 6.07) is 0. The van der Waals surface area contributed by atoms with Crippen molar-refractivity contribution in [3.8, 4) is 0 Å². The number of rotatable bonds is 5. The summed E-state index contributed by atoms with van der Waals surface area (Å²) in [5, 5.41) is 6.63. The molecule has 4 rings (SSSR count). The SMILES string of the molecule is CCNC(=O)CCNC12CC3CC(CC(C3)C1)C2. The molecule has 4 aliphatic carbocycles. The standard InChI is InChI=1S/C15H26N2O/c1-2-16-14(18)3-4-17-15-8-11-5-12(9-15)7-13(6-11)10-15/h11-13,17H,2-10H2,1H3,(H,16,18). The highest BCUT2D eigenvalue weighted by atomic mass is 16.1. The van der Waals surface area contributed by atoms with E-state index in [9.17, 15) is 4.79 Å². The average molecular weight is 250 g/mol. The predicted octanol–water partition coefficient (Wildman–Crippen LogP) is 2.07. The lowest BCUT2D eigenvalue weighted by molar-refractivity contribution is -0.121. The fourth-order valence-electron chi connectivity index (χ4n) is 5.05. The van der Waals surface area contributed by atoms with Crippen molar-refractivity contribution in [1.82, 2.24) is 10.6 Å². The zero-order valence-electron chi connectivity index (χ0n) is 11.5. The highest BCUT2D eigenvalue weighted by molar-refractivity contribution is 5.75. The first-order valence-corrected chi connectivity index (χ1v) is 7.71. The number of nitrogens with one attached hydrogen (secondary N) is 2. The summed E-state index contributed by atoms with van der Waals surface area (Å²) >= 11 is 0. The molecule has 4 aliphatic rings. The van der Waals surface area contributed by atoms with Crippen LogP contribution in [0.1, 0.15) is 51.9 Å². The fraction of sp³-hybridized carbons (Fsp3) is 0.933. The third kappa shape index (κ3) is 2.42. The largest absolute Gasteiger partial charge is 0.356 e. The van der Waals surface area contributed by atoms with E-state index in [1.54, 1.807) is 0 Å². The third-order valence-corrected chi connectivity index (χ3v) is 5.26. The number of carbonyl (C=O) groups is 1. The second-order valence-electron chi connectivity index (χ2n) is 6.83. The minimum atomic E-state index is 0.190. The summed E-state index contributed by atoms with van der Waals surface area (Å²) < 4.78 is 0. The molecule has 3 nitrogen and oxygen atoms in total. The van der Waals surface area contributed by atoms with Gasteiger partial charge in [-0.2, -0.15) is 0 Å². The molecule has 102 valence electrons. The lowest BCUT2D eigenvalue weighted by Gasteiger charge is -2.57. The normalized spacial score (nSPS) is 41.1. The first kappa shape index (κ1) is 12.5. The lowest BCUT2D eigenvalue weighted by Crippen LogP contribution is -2.58. The van der Waals surface area contributed by atoms with Gasteiger partial charge in [-0.25, -0.2) is 0 Å². The van der Waals surface area contributed by atoms with Gasteiger partial charge in [0.1, 0.15) is 0 Å². The van der Waals surface area contributed by atoms with Gasteiger partial charge in [-0.05, 0) is 63.2 Å². The average Bonchev–Trinajstić information content (AvgIpc) is 2.26. The summed E-state index contributed by atoms with van der Waals surface area (Å²) in [7, 11) is 0. The molecule has 18 heavy (non-hydrogen) atoms. The molecule has 0 aliphatic heterocycles. The highest BCUT2D eigenvalue weighted by Crippen LogP contribution is 2.55. The molecule has 0 saturated heterocycles. The molecule has 0 aromatic heterocycles. The lowest BCUT2D eigenvalue weighted by atomic mass is 9.53. The van der Waals surface area contributed by atoms with E-state index in [-0.39, 0.29) is 5.91 Å². The zero-order chi connectivity index (χ0) is 12.6. The van der Waals surface area contributed by atoms with E-state index < -0.39 is 0 Å². The Hall–Kier alpha value is -0.570. The Morgan fingerprint density at radius 2 is 1.67 bits per heavy atom. The molecule has 4 bridgehead atoms. The van der Waals surface area contributed by atoms with Crippen molar-refractivity contribution < 1.29 is 4.79 Å². The van der Waals surface area contributed by atoms with E-state index in [4.69, 9.17) is 0 Å². The summed E-state index contributed by atoms with van der Waals surface area (Å²) in [5.74, 6) is 3.13. The monoisotopic (exact) mass is 250 g/mol. The van der Waals surface area contributed by atoms with Crippen LogP contribution in [-0.2, 0) is 4.79 Å². The first-order chi connectivity index (χ1) is 8.69. The van der Waals surface area contributed by atoms with Crippen molar-refractivity contribution in [2.24, 2.45) is 17.8 Å². The molecule has 3 heteroatoms. The predicted molar refractivity (Wildman–Crippen MR) is 72.2 cm³/mol. The van der Waals surface area contributed by atoms with Crippen molar-refractivity contribution in [2.75, 3.05) is 13.1 Å². The summed E-state index contributed by atoms with van der Waals surface area (Å²) in [5.41, 5.74) is 0.404. The molecule has 4 saturated carbocycles. The van der Waals surface area contributed by atoms with Crippen LogP contribution in [0.5, 0.6) is 0 Å². The van der Waals surface area contributed by atoms with E-state index in [0.29, 0.717) is 12.0 Å². The Morgan fingerprint density at radius 1 is 1.11 bits per heavy atom. The van der Waals surface area contributed by atoms with Crippen LogP contribution in [0.2, 0.25) is 0 Å². The van der Waals surface area contributed by atoms with E-state index in [2.05, 4.69) is 10.6 Å². The van der Waals surface area contributed by atoms with Gasteiger partial charge in [0.15, 0.2) is 0 Å². The molecule has 0 aromatic rings. The van der Waals surface area contributed by atoms with E-state index in [0.717, 1.165) is 30.8 Å². The highest BCUT2D eigenvalue weighted by Gasteiger charge is 2.50. The van der Waals surface area contributed by atoms with Crippen molar-refractivity contribution in [1.29, 1.82) is 0 Å². The van der Waals surface area contributed by atoms with Gasteiger partial charge in [-0.15, -0.1) is 0 Å². The van der Waals surface area contributed by atoms with Gasteiger partial charge < -0.3 is 10.6 Å². The quantitative estimate of drug-likeness (QED) is 0.784. The maximum absolute atomic E-state index is 11.5. The molecule has 1 amide bonds. The molecule has 0 radical (unpaired) electrons. The van der Waals surface area contributed by atoms with Crippen LogP contribution in [0, 0.1) is 17.8 Å². The minimum absolute atomic E-state index is 0.190. The van der Waals surface area contributed by atoms with E-state index in [1.807, 2.05) is 6.92 Å². The molecule has 0 heterocycles. The summed E-state index contributed by atoms with van der Waals surface area (Å²) in [6.07, 6.45) is 9.19. The van der Waals surface area contributed by atoms with Gasteiger partial charge in [0, 0.05) is 25.0 Å². The Bertz CT molecular complexity index is 291. The van der Waals surface area contributed by atoms with Crippen LogP contribution < -0.4 is 10.6 Å². The Kier molecular flexibility index (Phi) is 3.35. The molecule has 0 atom stereocenters. The van der Waals surface area contributed by atoms with Gasteiger partial charge in [-0.3, -0.25) is 4.79 Å². The van der Waals surface area contributed by atoms with Crippen LogP contribution >= 0.6 is 0 Å². The van der Waals surface area contributed by atoms with Crippen molar-refractivity contribution in [2.45, 2.75) is 57.4 Å². The summed E-state index contributed by atoms with van der Waals surface area (Å²) in [4.78, 5) is 11.5. The van der Waals surface area contributed by atoms with E-state index >= 15 is 0 Å². The first-order valence-electron chi connectivity index (χ1n) is 7.71.